The van der Waals surface area contributed by atoms with Crippen LogP contribution >= 0.6 is 0 Å². The van der Waals surface area contributed by atoms with Crippen LogP contribution in [0.3, 0.4) is 0 Å². The molecule has 0 aliphatic rings. The van der Waals surface area contributed by atoms with Crippen molar-refractivity contribution in [2.24, 2.45) is 5.73 Å². The molecule has 0 radical (unpaired) electrons. The minimum atomic E-state index is -0.449. The zero-order valence-corrected chi connectivity index (χ0v) is 11.1. The smallest absolute Gasteiger partial charge is 0.311 e. The second kappa shape index (κ2) is 7.38. The van der Waals surface area contributed by atoms with Crippen LogP contribution in [0.4, 0.5) is 11.4 Å². The van der Waals surface area contributed by atoms with Crippen LogP contribution in [0, 0.1) is 10.1 Å². The predicted octanol–water partition coefficient (Wildman–Crippen LogP) is 2.31. The monoisotopic (exact) mass is 265 g/mol. The highest BCUT2D eigenvalue weighted by atomic mass is 16.6. The Balaban J connectivity index is 2.85. The van der Waals surface area contributed by atoms with E-state index in [1.807, 2.05) is 26.0 Å². The van der Waals surface area contributed by atoms with Crippen molar-refractivity contribution in [2.75, 3.05) is 18.4 Å². The van der Waals surface area contributed by atoms with Crippen LogP contribution in [-0.4, -0.2) is 24.1 Å². The van der Waals surface area contributed by atoms with Crippen molar-refractivity contribution in [3.8, 4) is 5.75 Å². The van der Waals surface area contributed by atoms with Crippen molar-refractivity contribution in [3.63, 3.8) is 0 Å². The molecule has 0 aliphatic carbocycles. The van der Waals surface area contributed by atoms with Crippen LogP contribution in [-0.2, 0) is 0 Å². The summed E-state index contributed by atoms with van der Waals surface area (Å²) in [5.41, 5.74) is 6.07. The van der Waals surface area contributed by atoms with Gasteiger partial charge in [0, 0.05) is 30.9 Å². The van der Waals surface area contributed by atoms with Crippen molar-refractivity contribution in [2.45, 2.75) is 20.0 Å². The Morgan fingerprint density at radius 2 is 2.21 bits per heavy atom. The minimum absolute atomic E-state index is 0.0308. The maximum absolute atomic E-state index is 10.9. The third-order valence-electron chi connectivity index (χ3n) is 2.25. The molecule has 0 saturated heterocycles. The van der Waals surface area contributed by atoms with E-state index in [1.54, 1.807) is 12.1 Å². The van der Waals surface area contributed by atoms with Gasteiger partial charge >= 0.3 is 5.69 Å². The van der Waals surface area contributed by atoms with Gasteiger partial charge in [0.2, 0.25) is 0 Å². The number of benzene rings is 1. The van der Waals surface area contributed by atoms with Crippen molar-refractivity contribution < 1.29 is 9.66 Å². The molecule has 1 aromatic rings. The van der Waals surface area contributed by atoms with E-state index in [2.05, 4.69) is 5.32 Å². The molecule has 1 rings (SSSR count). The molecule has 0 bridgehead atoms. The van der Waals surface area contributed by atoms with Gasteiger partial charge in [-0.1, -0.05) is 12.2 Å². The Hall–Kier alpha value is -2.08. The van der Waals surface area contributed by atoms with Gasteiger partial charge in [-0.25, -0.2) is 0 Å². The van der Waals surface area contributed by atoms with Crippen LogP contribution in [0.2, 0.25) is 0 Å². The lowest BCUT2D eigenvalue weighted by Gasteiger charge is -2.11. The zero-order valence-electron chi connectivity index (χ0n) is 11.1. The van der Waals surface area contributed by atoms with Gasteiger partial charge in [0.15, 0.2) is 5.75 Å². The van der Waals surface area contributed by atoms with Gasteiger partial charge in [-0.05, 0) is 19.9 Å². The molecule has 0 fully saturated rings. The van der Waals surface area contributed by atoms with E-state index in [0.717, 1.165) is 5.69 Å². The quantitative estimate of drug-likeness (QED) is 0.448. The largest absolute Gasteiger partial charge is 0.484 e. The number of nitrogens with one attached hydrogen (secondary N) is 1. The van der Waals surface area contributed by atoms with E-state index >= 15 is 0 Å². The van der Waals surface area contributed by atoms with Crippen LogP contribution in [0.15, 0.2) is 30.4 Å². The second-order valence-electron chi connectivity index (χ2n) is 4.19. The van der Waals surface area contributed by atoms with E-state index in [-0.39, 0.29) is 17.5 Å². The van der Waals surface area contributed by atoms with Crippen LogP contribution in [0.1, 0.15) is 13.8 Å². The molecule has 0 heterocycles. The molecule has 0 aliphatic heterocycles. The summed E-state index contributed by atoms with van der Waals surface area (Å²) in [4.78, 5) is 10.4. The van der Waals surface area contributed by atoms with Crippen molar-refractivity contribution in [1.29, 1.82) is 0 Å². The van der Waals surface area contributed by atoms with Gasteiger partial charge in [-0.3, -0.25) is 10.1 Å². The van der Waals surface area contributed by atoms with Gasteiger partial charge in [-0.15, -0.1) is 0 Å². The number of hydrogen-bond donors (Lipinski definition) is 2. The maximum Gasteiger partial charge on any atom is 0.311 e. The highest BCUT2D eigenvalue weighted by molar-refractivity contribution is 5.58. The van der Waals surface area contributed by atoms with Crippen molar-refractivity contribution in [1.82, 2.24) is 0 Å². The second-order valence-corrected chi connectivity index (χ2v) is 4.19. The van der Waals surface area contributed by atoms with E-state index < -0.39 is 4.92 Å². The van der Waals surface area contributed by atoms with Gasteiger partial charge < -0.3 is 15.8 Å². The van der Waals surface area contributed by atoms with Crippen molar-refractivity contribution >= 4 is 11.4 Å². The molecule has 0 unspecified atom stereocenters. The van der Waals surface area contributed by atoms with Crippen LogP contribution < -0.4 is 15.8 Å². The summed E-state index contributed by atoms with van der Waals surface area (Å²) in [7, 11) is 0. The van der Waals surface area contributed by atoms with Gasteiger partial charge in [0.25, 0.3) is 0 Å². The summed E-state index contributed by atoms with van der Waals surface area (Å²) in [6.45, 7) is 4.75. The van der Waals surface area contributed by atoms with E-state index in [1.165, 1.54) is 6.07 Å². The van der Waals surface area contributed by atoms with Gasteiger partial charge in [0.05, 0.1) is 11.0 Å². The lowest BCUT2D eigenvalue weighted by molar-refractivity contribution is -0.386. The lowest BCUT2D eigenvalue weighted by atomic mass is 10.2. The summed E-state index contributed by atoms with van der Waals surface area (Å²) in [5.74, 6) is 0.271. The number of nitrogens with two attached hydrogens (primary N) is 1. The molecule has 0 spiro atoms. The van der Waals surface area contributed by atoms with E-state index in [4.69, 9.17) is 10.5 Å². The Morgan fingerprint density at radius 3 is 2.79 bits per heavy atom. The van der Waals surface area contributed by atoms with Crippen LogP contribution in [0.25, 0.3) is 0 Å². The van der Waals surface area contributed by atoms with E-state index in [9.17, 15) is 10.1 Å². The molecular formula is C13H19N3O3. The molecule has 1 aromatic carbocycles. The summed E-state index contributed by atoms with van der Waals surface area (Å²) < 4.78 is 5.46. The number of nitro groups is 1. The Kier molecular flexibility index (Phi) is 5.81. The third kappa shape index (κ3) is 4.97. The molecule has 0 atom stereocenters. The highest BCUT2D eigenvalue weighted by Crippen LogP contribution is 2.30. The predicted molar refractivity (Wildman–Crippen MR) is 75.5 cm³/mol. The highest BCUT2D eigenvalue weighted by Gasteiger charge is 2.16. The Labute approximate surface area is 112 Å². The molecule has 19 heavy (non-hydrogen) atoms. The fourth-order valence-electron chi connectivity index (χ4n) is 1.48. The molecule has 6 heteroatoms. The third-order valence-corrected chi connectivity index (χ3v) is 2.25. The first-order chi connectivity index (χ1) is 9.04. The first-order valence-corrected chi connectivity index (χ1v) is 6.08. The summed E-state index contributed by atoms with van der Waals surface area (Å²) in [5, 5.41) is 14.0. The fourth-order valence-corrected chi connectivity index (χ4v) is 1.48. The van der Waals surface area contributed by atoms with Gasteiger partial charge in [-0.2, -0.15) is 0 Å². The standard InChI is InChI=1S/C13H19N3O3/c1-10(2)19-13-9-11(15-8-4-3-7-14)5-6-12(13)16(17)18/h3-6,9-10,15H,7-8,14H2,1-2H3/b4-3+. The van der Waals surface area contributed by atoms with Gasteiger partial charge in [0.1, 0.15) is 0 Å². The molecular weight excluding hydrogens is 246 g/mol. The SMILES string of the molecule is CC(C)Oc1cc(NC/C=C/CN)ccc1[N+](=O)[O-]. The first kappa shape index (κ1) is 15.0. The first-order valence-electron chi connectivity index (χ1n) is 6.08. The molecule has 3 N–H and O–H groups in total. The summed E-state index contributed by atoms with van der Waals surface area (Å²) >= 11 is 0. The number of anilines is 1. The zero-order chi connectivity index (χ0) is 14.3. The summed E-state index contributed by atoms with van der Waals surface area (Å²) in [6, 6.07) is 4.72. The number of ether oxygens (including phenoxy) is 1. The van der Waals surface area contributed by atoms with Crippen LogP contribution in [0.5, 0.6) is 5.75 Å². The Morgan fingerprint density at radius 1 is 1.47 bits per heavy atom. The molecule has 0 amide bonds. The molecule has 0 saturated carbocycles. The topological polar surface area (TPSA) is 90.4 Å². The fraction of sp³-hybridized carbons (Fsp3) is 0.385. The lowest BCUT2D eigenvalue weighted by Crippen LogP contribution is -2.08. The maximum atomic E-state index is 10.9. The average Bonchev–Trinajstić information content (AvgIpc) is 2.34. The minimum Gasteiger partial charge on any atom is -0.484 e. The number of rotatable bonds is 7. The molecule has 6 nitrogen and oxygen atoms in total. The average molecular weight is 265 g/mol. The summed E-state index contributed by atoms with van der Waals surface area (Å²) in [6.07, 6.45) is 3.61. The van der Waals surface area contributed by atoms with Crippen molar-refractivity contribution in [3.05, 3.63) is 40.5 Å². The number of hydrogen-bond acceptors (Lipinski definition) is 5. The molecule has 0 aromatic heterocycles. The Bertz CT molecular complexity index is 458. The number of nitro benzene ring substituents is 1. The number of nitrogens with zero attached hydrogens (tertiary/aromatic N) is 1. The normalized spacial score (nSPS) is 10.9. The van der Waals surface area contributed by atoms with E-state index in [0.29, 0.717) is 13.1 Å². The molecule has 104 valence electrons.